The molecular weight excluding hydrogens is 332 g/mol. The zero-order valence-electron chi connectivity index (χ0n) is 14.2. The fraction of sp³-hybridized carbons (Fsp3) is 0.150. The lowest BCUT2D eigenvalue weighted by Gasteiger charge is -2.19. The van der Waals surface area contributed by atoms with Gasteiger partial charge in [0.1, 0.15) is 5.75 Å². The maximum Gasteiger partial charge on any atom is 0.275 e. The molecule has 2 unspecified atom stereocenters. The molecule has 0 saturated carbocycles. The van der Waals surface area contributed by atoms with E-state index in [1.54, 1.807) is 37.4 Å². The minimum atomic E-state index is -1.10. The molecule has 0 fully saturated rings. The first-order valence-corrected chi connectivity index (χ1v) is 8.13. The second-order valence-electron chi connectivity index (χ2n) is 5.80. The van der Waals surface area contributed by atoms with Gasteiger partial charge in [0.25, 0.3) is 5.69 Å². The topological polar surface area (TPSA) is 76.5 Å². The van der Waals surface area contributed by atoms with Crippen molar-refractivity contribution in [2.45, 2.75) is 12.1 Å². The van der Waals surface area contributed by atoms with E-state index >= 15 is 0 Å². The molecule has 0 radical (unpaired) electrons. The lowest BCUT2D eigenvalue weighted by Crippen LogP contribution is -2.42. The van der Waals surface area contributed by atoms with Crippen LogP contribution in [0, 0.1) is 10.1 Å². The van der Waals surface area contributed by atoms with Crippen molar-refractivity contribution in [1.29, 1.82) is 0 Å². The zero-order chi connectivity index (χ0) is 18.5. The van der Waals surface area contributed by atoms with Gasteiger partial charge in [-0.15, -0.1) is 0 Å². The van der Waals surface area contributed by atoms with Gasteiger partial charge in [-0.05, 0) is 30.3 Å². The number of aliphatic hydroxyl groups is 1. The molecule has 132 valence electrons. The molecule has 1 heterocycles. The summed E-state index contributed by atoms with van der Waals surface area (Å²) in [7, 11) is 1.58. The number of hydrogen-bond donors (Lipinski definition) is 1. The van der Waals surface area contributed by atoms with Crippen molar-refractivity contribution in [1.82, 2.24) is 0 Å². The smallest absolute Gasteiger partial charge is 0.275 e. The summed E-state index contributed by atoms with van der Waals surface area (Å²) in [5.74, 6) is 0.700. The average Bonchev–Trinajstić information content (AvgIpc) is 2.69. The molecule has 6 nitrogen and oxygen atoms in total. The largest absolute Gasteiger partial charge is 0.497 e. The summed E-state index contributed by atoms with van der Waals surface area (Å²) in [6, 6.07) is 18.6. The van der Waals surface area contributed by atoms with Crippen LogP contribution in [0.25, 0.3) is 0 Å². The lowest BCUT2D eigenvalue weighted by molar-refractivity contribution is -0.722. The van der Waals surface area contributed by atoms with Crippen LogP contribution in [0.3, 0.4) is 0 Å². The van der Waals surface area contributed by atoms with Gasteiger partial charge in [0.15, 0.2) is 18.5 Å². The van der Waals surface area contributed by atoms with Crippen molar-refractivity contribution in [3.63, 3.8) is 0 Å². The van der Waals surface area contributed by atoms with Crippen molar-refractivity contribution < 1.29 is 19.3 Å². The van der Waals surface area contributed by atoms with Crippen LogP contribution >= 0.6 is 0 Å². The summed E-state index contributed by atoms with van der Waals surface area (Å²) in [6.45, 7) is 0. The number of rotatable bonds is 6. The van der Waals surface area contributed by atoms with Gasteiger partial charge < -0.3 is 9.84 Å². The van der Waals surface area contributed by atoms with Gasteiger partial charge in [-0.1, -0.05) is 18.2 Å². The number of aromatic nitrogens is 1. The van der Waals surface area contributed by atoms with Gasteiger partial charge >= 0.3 is 0 Å². The summed E-state index contributed by atoms with van der Waals surface area (Å²) in [6.07, 6.45) is 2.55. The Bertz CT molecular complexity index is 882. The molecule has 2 aromatic carbocycles. The fourth-order valence-electron chi connectivity index (χ4n) is 2.99. The maximum atomic E-state index is 11.4. The van der Waals surface area contributed by atoms with Gasteiger partial charge in [0.2, 0.25) is 6.04 Å². The number of hydrogen-bond acceptors (Lipinski definition) is 4. The van der Waals surface area contributed by atoms with E-state index in [0.29, 0.717) is 5.75 Å². The number of para-hydroxylation sites is 1. The van der Waals surface area contributed by atoms with Crippen LogP contribution in [-0.4, -0.2) is 17.1 Å². The Morgan fingerprint density at radius 3 is 2.27 bits per heavy atom. The molecule has 1 aromatic heterocycles. The molecule has 3 aromatic rings. The normalized spacial score (nSPS) is 13.0. The molecule has 0 saturated heterocycles. The zero-order valence-corrected chi connectivity index (χ0v) is 14.2. The lowest BCUT2D eigenvalue weighted by atomic mass is 9.94. The van der Waals surface area contributed by atoms with Crippen molar-refractivity contribution >= 4 is 5.69 Å². The minimum absolute atomic E-state index is 0.102. The predicted molar refractivity (Wildman–Crippen MR) is 95.8 cm³/mol. The Morgan fingerprint density at radius 2 is 1.65 bits per heavy atom. The molecule has 2 atom stereocenters. The van der Waals surface area contributed by atoms with Crippen LogP contribution in [0.2, 0.25) is 0 Å². The molecule has 6 heteroatoms. The Labute approximate surface area is 151 Å². The Kier molecular flexibility index (Phi) is 5.24. The highest BCUT2D eigenvalue weighted by Gasteiger charge is 2.34. The first-order chi connectivity index (χ1) is 12.6. The highest BCUT2D eigenvalue weighted by Crippen LogP contribution is 2.34. The molecule has 0 aliphatic rings. The van der Waals surface area contributed by atoms with Crippen LogP contribution in [0.4, 0.5) is 5.69 Å². The summed E-state index contributed by atoms with van der Waals surface area (Å²) >= 11 is 0. The molecule has 0 spiro atoms. The number of nitro groups is 1. The van der Waals surface area contributed by atoms with Crippen LogP contribution in [0.15, 0.2) is 79.1 Å². The minimum Gasteiger partial charge on any atom is -0.497 e. The Balaban J connectivity index is 2.10. The third-order valence-corrected chi connectivity index (χ3v) is 4.27. The van der Waals surface area contributed by atoms with Gasteiger partial charge in [0, 0.05) is 23.8 Å². The van der Waals surface area contributed by atoms with Crippen LogP contribution < -0.4 is 9.30 Å². The van der Waals surface area contributed by atoms with Crippen LogP contribution in [-0.2, 0) is 0 Å². The van der Waals surface area contributed by atoms with Crippen LogP contribution in [0.5, 0.6) is 5.75 Å². The summed E-state index contributed by atoms with van der Waals surface area (Å²) in [5.41, 5.74) is 0.984. The molecule has 0 aliphatic carbocycles. The predicted octanol–water partition coefficient (Wildman–Crippen LogP) is 3.21. The monoisotopic (exact) mass is 351 g/mol. The van der Waals surface area contributed by atoms with E-state index < -0.39 is 17.1 Å². The molecule has 0 amide bonds. The molecule has 26 heavy (non-hydrogen) atoms. The van der Waals surface area contributed by atoms with E-state index in [2.05, 4.69) is 0 Å². The quantitative estimate of drug-likeness (QED) is 0.420. The van der Waals surface area contributed by atoms with Crippen molar-refractivity contribution in [3.8, 4) is 5.75 Å². The third-order valence-electron chi connectivity index (χ3n) is 4.27. The highest BCUT2D eigenvalue weighted by molar-refractivity contribution is 5.42. The third kappa shape index (κ3) is 3.55. The second-order valence-corrected chi connectivity index (χ2v) is 5.80. The van der Waals surface area contributed by atoms with E-state index in [-0.39, 0.29) is 11.3 Å². The summed E-state index contributed by atoms with van der Waals surface area (Å²) < 4.78 is 7.03. The molecule has 0 bridgehead atoms. The van der Waals surface area contributed by atoms with Gasteiger partial charge in [-0.25, -0.2) is 0 Å². The Morgan fingerprint density at radius 1 is 1.00 bits per heavy atom. The number of nitrogens with zero attached hydrogens (tertiary/aromatic N) is 2. The first-order valence-electron chi connectivity index (χ1n) is 8.13. The van der Waals surface area contributed by atoms with Crippen LogP contribution in [0.1, 0.15) is 23.3 Å². The van der Waals surface area contributed by atoms with E-state index in [1.165, 1.54) is 6.07 Å². The Hall–Kier alpha value is -3.25. The number of nitro benzene ring substituents is 1. The van der Waals surface area contributed by atoms with Gasteiger partial charge in [-0.2, -0.15) is 4.57 Å². The van der Waals surface area contributed by atoms with Crippen molar-refractivity contribution in [3.05, 3.63) is 100 Å². The average molecular weight is 351 g/mol. The molecular formula is C20H19N2O4+. The second kappa shape index (κ2) is 7.76. The number of methoxy groups -OCH3 is 1. The maximum absolute atomic E-state index is 11.4. The molecule has 3 rings (SSSR count). The van der Waals surface area contributed by atoms with E-state index in [9.17, 15) is 15.2 Å². The van der Waals surface area contributed by atoms with Gasteiger partial charge in [0.05, 0.1) is 17.6 Å². The van der Waals surface area contributed by atoms with E-state index in [4.69, 9.17) is 4.74 Å². The highest BCUT2D eigenvalue weighted by atomic mass is 16.6. The standard InChI is InChI=1S/C20H19N2O4/c1-26-16-11-9-15(10-12-16)19(21-13-5-2-6-14-21)20(23)17-7-3-4-8-18(17)22(24)25/h2-14,19-20,23H,1H3/q+1. The van der Waals surface area contributed by atoms with E-state index in [1.807, 2.05) is 47.3 Å². The van der Waals surface area contributed by atoms with Crippen molar-refractivity contribution in [2.75, 3.05) is 7.11 Å². The molecule has 0 aliphatic heterocycles. The van der Waals surface area contributed by atoms with E-state index in [0.717, 1.165) is 5.56 Å². The number of aliphatic hydroxyl groups excluding tert-OH is 1. The summed E-state index contributed by atoms with van der Waals surface area (Å²) in [5, 5.41) is 22.5. The SMILES string of the molecule is COc1ccc(C(C(O)c2ccccc2[N+](=O)[O-])[n+]2ccccc2)cc1. The van der Waals surface area contributed by atoms with Gasteiger partial charge in [-0.3, -0.25) is 10.1 Å². The summed E-state index contributed by atoms with van der Waals surface area (Å²) in [4.78, 5) is 10.9. The number of ether oxygens (including phenoxy) is 1. The first kappa shape index (κ1) is 17.6. The van der Waals surface area contributed by atoms with Crippen molar-refractivity contribution in [2.24, 2.45) is 0 Å². The molecule has 1 N–H and O–H groups in total. The number of benzene rings is 2. The fourth-order valence-corrected chi connectivity index (χ4v) is 2.99. The number of pyridine rings is 1.